The Kier molecular flexibility index (Phi) is 6.20. The number of anilines is 1. The van der Waals surface area contributed by atoms with Crippen LogP contribution in [0.2, 0.25) is 0 Å². The molecule has 114 valence electrons. The first kappa shape index (κ1) is 17.2. The molecule has 0 aromatic heterocycles. The zero-order valence-corrected chi connectivity index (χ0v) is 12.8. The second-order valence-corrected chi connectivity index (χ2v) is 5.58. The van der Waals surface area contributed by atoms with Crippen molar-refractivity contribution in [2.75, 3.05) is 24.0 Å². The van der Waals surface area contributed by atoms with Crippen molar-refractivity contribution in [3.63, 3.8) is 0 Å². The smallest absolute Gasteiger partial charge is 0.371 e. The van der Waals surface area contributed by atoms with E-state index >= 15 is 0 Å². The van der Waals surface area contributed by atoms with Crippen LogP contribution in [0.4, 0.5) is 18.9 Å². The van der Waals surface area contributed by atoms with E-state index in [1.54, 1.807) is 17.8 Å². The Hall–Kier alpha value is -0.880. The maximum Gasteiger partial charge on any atom is 0.416 e. The van der Waals surface area contributed by atoms with Gasteiger partial charge in [-0.05, 0) is 30.4 Å². The van der Waals surface area contributed by atoms with Gasteiger partial charge >= 0.3 is 6.18 Å². The van der Waals surface area contributed by atoms with Gasteiger partial charge in [-0.15, -0.1) is 0 Å². The Balaban J connectivity index is 3.14. The highest BCUT2D eigenvalue weighted by Crippen LogP contribution is 2.35. The highest BCUT2D eigenvalue weighted by atomic mass is 32.2. The molecule has 1 atom stereocenters. The lowest BCUT2D eigenvalue weighted by molar-refractivity contribution is -0.138. The molecule has 2 N–H and O–H groups in total. The summed E-state index contributed by atoms with van der Waals surface area (Å²) in [7, 11) is 1.84. The zero-order valence-electron chi connectivity index (χ0n) is 12.0. The average Bonchev–Trinajstić information content (AvgIpc) is 2.42. The SMILES string of the molecule is CCC(CSC)N(C)c1ccc(CN)c(C(F)(F)F)c1. The minimum absolute atomic E-state index is 0.110. The van der Waals surface area contributed by atoms with Crippen LogP contribution < -0.4 is 10.6 Å². The second-order valence-electron chi connectivity index (χ2n) is 4.67. The molecule has 0 saturated carbocycles. The van der Waals surface area contributed by atoms with Gasteiger partial charge in [0.15, 0.2) is 0 Å². The van der Waals surface area contributed by atoms with E-state index in [9.17, 15) is 13.2 Å². The Bertz CT molecular complexity index is 435. The number of hydrogen-bond acceptors (Lipinski definition) is 3. The molecule has 0 aliphatic heterocycles. The van der Waals surface area contributed by atoms with Crippen LogP contribution in [0.15, 0.2) is 18.2 Å². The summed E-state index contributed by atoms with van der Waals surface area (Å²) >= 11 is 1.69. The van der Waals surface area contributed by atoms with E-state index < -0.39 is 11.7 Å². The first-order chi connectivity index (χ1) is 9.35. The molecule has 2 nitrogen and oxygen atoms in total. The topological polar surface area (TPSA) is 29.3 Å². The molecule has 0 aliphatic rings. The van der Waals surface area contributed by atoms with Crippen molar-refractivity contribution in [1.82, 2.24) is 0 Å². The van der Waals surface area contributed by atoms with Crippen molar-refractivity contribution >= 4 is 17.4 Å². The maximum atomic E-state index is 13.0. The molecule has 6 heteroatoms. The third-order valence-electron chi connectivity index (χ3n) is 3.40. The summed E-state index contributed by atoms with van der Waals surface area (Å²) in [5.41, 5.74) is 5.47. The van der Waals surface area contributed by atoms with Crippen LogP contribution in [0, 0.1) is 0 Å². The highest BCUT2D eigenvalue weighted by molar-refractivity contribution is 7.98. The third-order valence-corrected chi connectivity index (χ3v) is 4.12. The van der Waals surface area contributed by atoms with Crippen LogP contribution in [-0.2, 0) is 12.7 Å². The van der Waals surface area contributed by atoms with E-state index in [-0.39, 0.29) is 18.2 Å². The number of halogens is 3. The molecule has 1 rings (SSSR count). The lowest BCUT2D eigenvalue weighted by atomic mass is 10.0. The average molecular weight is 306 g/mol. The fraction of sp³-hybridized carbons (Fsp3) is 0.571. The summed E-state index contributed by atoms with van der Waals surface area (Å²) in [4.78, 5) is 1.91. The Morgan fingerprint density at radius 3 is 2.45 bits per heavy atom. The molecule has 0 heterocycles. The van der Waals surface area contributed by atoms with E-state index in [1.807, 2.05) is 25.1 Å². The van der Waals surface area contributed by atoms with Crippen LogP contribution in [0.5, 0.6) is 0 Å². The summed E-state index contributed by atoms with van der Waals surface area (Å²) in [5, 5.41) is 0. The molecule has 0 spiro atoms. The largest absolute Gasteiger partial charge is 0.416 e. The fourth-order valence-corrected chi connectivity index (χ4v) is 2.98. The predicted octanol–water partition coefficient (Wildman–Crippen LogP) is 3.74. The van der Waals surface area contributed by atoms with Gasteiger partial charge in [0, 0.05) is 31.1 Å². The number of nitrogens with zero attached hydrogens (tertiary/aromatic N) is 1. The Morgan fingerprint density at radius 1 is 1.35 bits per heavy atom. The van der Waals surface area contributed by atoms with E-state index in [1.165, 1.54) is 12.1 Å². The normalized spacial score (nSPS) is 13.3. The molecular weight excluding hydrogens is 285 g/mol. The van der Waals surface area contributed by atoms with Crippen molar-refractivity contribution < 1.29 is 13.2 Å². The fourth-order valence-electron chi connectivity index (χ4n) is 2.13. The summed E-state index contributed by atoms with van der Waals surface area (Å²) in [6.07, 6.45) is -1.49. The predicted molar refractivity (Wildman–Crippen MR) is 80.2 cm³/mol. The quantitative estimate of drug-likeness (QED) is 0.868. The van der Waals surface area contributed by atoms with Gasteiger partial charge in [0.1, 0.15) is 0 Å². The molecule has 20 heavy (non-hydrogen) atoms. The highest BCUT2D eigenvalue weighted by Gasteiger charge is 2.33. The summed E-state index contributed by atoms with van der Waals surface area (Å²) in [5.74, 6) is 0.882. The van der Waals surface area contributed by atoms with E-state index in [0.717, 1.165) is 12.2 Å². The molecule has 1 unspecified atom stereocenters. The van der Waals surface area contributed by atoms with E-state index in [0.29, 0.717) is 5.69 Å². The first-order valence-corrected chi connectivity index (χ1v) is 7.86. The van der Waals surface area contributed by atoms with Gasteiger partial charge in [-0.2, -0.15) is 24.9 Å². The van der Waals surface area contributed by atoms with Crippen molar-refractivity contribution in [2.45, 2.75) is 32.1 Å². The number of thioether (sulfide) groups is 1. The molecule has 0 saturated heterocycles. The van der Waals surface area contributed by atoms with Gasteiger partial charge in [0.05, 0.1) is 5.56 Å². The molecule has 1 aromatic carbocycles. The van der Waals surface area contributed by atoms with Gasteiger partial charge in [-0.25, -0.2) is 0 Å². The lowest BCUT2D eigenvalue weighted by Gasteiger charge is -2.29. The number of nitrogens with two attached hydrogens (primary N) is 1. The van der Waals surface area contributed by atoms with Gasteiger partial charge in [0.2, 0.25) is 0 Å². The molecule has 0 aliphatic carbocycles. The molecule has 1 aromatic rings. The van der Waals surface area contributed by atoms with Gasteiger partial charge in [-0.1, -0.05) is 13.0 Å². The van der Waals surface area contributed by atoms with Crippen LogP contribution >= 0.6 is 11.8 Å². The minimum Gasteiger partial charge on any atom is -0.371 e. The molecule has 0 radical (unpaired) electrons. The van der Waals surface area contributed by atoms with Crippen molar-refractivity contribution in [3.8, 4) is 0 Å². The van der Waals surface area contributed by atoms with Gasteiger partial charge in [-0.3, -0.25) is 0 Å². The van der Waals surface area contributed by atoms with Crippen molar-refractivity contribution in [3.05, 3.63) is 29.3 Å². The Morgan fingerprint density at radius 2 is 2.00 bits per heavy atom. The molecule has 0 fully saturated rings. The van der Waals surface area contributed by atoms with Gasteiger partial charge in [0.25, 0.3) is 0 Å². The van der Waals surface area contributed by atoms with Crippen LogP contribution in [0.3, 0.4) is 0 Å². The molecule has 0 bridgehead atoms. The van der Waals surface area contributed by atoms with Crippen LogP contribution in [0.25, 0.3) is 0 Å². The van der Waals surface area contributed by atoms with Crippen molar-refractivity contribution in [2.24, 2.45) is 5.73 Å². The monoisotopic (exact) mass is 306 g/mol. The van der Waals surface area contributed by atoms with E-state index in [2.05, 4.69) is 0 Å². The van der Waals surface area contributed by atoms with Crippen LogP contribution in [0.1, 0.15) is 24.5 Å². The number of rotatable bonds is 6. The molecule has 0 amide bonds. The summed E-state index contributed by atoms with van der Waals surface area (Å²) < 4.78 is 39.1. The number of alkyl halides is 3. The van der Waals surface area contributed by atoms with Gasteiger partial charge < -0.3 is 10.6 Å². The summed E-state index contributed by atoms with van der Waals surface area (Å²) in [6, 6.07) is 4.60. The first-order valence-electron chi connectivity index (χ1n) is 6.47. The third kappa shape index (κ3) is 4.06. The van der Waals surface area contributed by atoms with E-state index in [4.69, 9.17) is 5.73 Å². The summed E-state index contributed by atoms with van der Waals surface area (Å²) in [6.45, 7) is 1.93. The van der Waals surface area contributed by atoms with Crippen LogP contribution in [-0.4, -0.2) is 25.1 Å². The zero-order chi connectivity index (χ0) is 15.3. The number of hydrogen-bond donors (Lipinski definition) is 1. The standard InChI is InChI=1S/C14H21F3N2S/c1-4-11(9-20-3)19(2)12-6-5-10(8-18)13(7-12)14(15,16)17/h5-7,11H,4,8-9,18H2,1-3H3. The maximum absolute atomic E-state index is 13.0. The Labute approximate surface area is 122 Å². The lowest BCUT2D eigenvalue weighted by Crippen LogP contribution is -2.33. The van der Waals surface area contributed by atoms with Crippen molar-refractivity contribution in [1.29, 1.82) is 0 Å². The second kappa shape index (κ2) is 7.22. The minimum atomic E-state index is -4.37. The molecular formula is C14H21F3N2S. The number of benzene rings is 1.